The monoisotopic (exact) mass is 280 g/mol. The van der Waals surface area contributed by atoms with Crippen molar-refractivity contribution in [3.8, 4) is 5.75 Å². The van der Waals surface area contributed by atoms with Gasteiger partial charge < -0.3 is 9.52 Å². The molecule has 0 fully saturated rings. The summed E-state index contributed by atoms with van der Waals surface area (Å²) >= 11 is 0. The molecule has 0 amide bonds. The molecule has 3 rings (SSSR count). The van der Waals surface area contributed by atoms with E-state index in [0.29, 0.717) is 5.69 Å². The molecular formula is C16H12N2O3. The topological polar surface area (TPSA) is 75.2 Å². The summed E-state index contributed by atoms with van der Waals surface area (Å²) in [6.45, 7) is 1.80. The van der Waals surface area contributed by atoms with E-state index in [2.05, 4.69) is 10.2 Å². The lowest BCUT2D eigenvalue weighted by Gasteiger charge is -2.04. The molecule has 0 saturated carbocycles. The van der Waals surface area contributed by atoms with Gasteiger partial charge in [-0.3, -0.25) is 0 Å². The highest BCUT2D eigenvalue weighted by Crippen LogP contribution is 2.36. The first-order valence-electron chi connectivity index (χ1n) is 6.38. The maximum Gasteiger partial charge on any atom is 0.336 e. The lowest BCUT2D eigenvalue weighted by atomic mass is 10.1. The Bertz CT molecular complexity index is 883. The van der Waals surface area contributed by atoms with Gasteiger partial charge in [-0.2, -0.15) is 5.11 Å². The molecule has 0 aliphatic carbocycles. The molecule has 5 nitrogen and oxygen atoms in total. The number of hydrogen-bond donors (Lipinski definition) is 1. The highest BCUT2D eigenvalue weighted by molar-refractivity contribution is 5.92. The van der Waals surface area contributed by atoms with Gasteiger partial charge >= 0.3 is 5.63 Å². The fourth-order valence-electron chi connectivity index (χ4n) is 2.06. The Morgan fingerprint density at radius 3 is 2.57 bits per heavy atom. The molecule has 0 saturated heterocycles. The molecule has 0 aliphatic rings. The Balaban J connectivity index is 2.20. The number of rotatable bonds is 2. The summed E-state index contributed by atoms with van der Waals surface area (Å²) < 4.78 is 5.17. The third-order valence-electron chi connectivity index (χ3n) is 3.09. The number of benzene rings is 2. The molecule has 5 heteroatoms. The van der Waals surface area contributed by atoms with Crippen LogP contribution in [0.5, 0.6) is 5.75 Å². The van der Waals surface area contributed by atoms with Crippen molar-refractivity contribution >= 4 is 22.3 Å². The number of phenolic OH excluding ortho intramolecular Hbond substituents is 1. The first-order chi connectivity index (χ1) is 10.1. The van der Waals surface area contributed by atoms with Crippen molar-refractivity contribution < 1.29 is 9.52 Å². The van der Waals surface area contributed by atoms with Gasteiger partial charge in [-0.25, -0.2) is 4.79 Å². The van der Waals surface area contributed by atoms with Crippen LogP contribution in [-0.2, 0) is 0 Å². The van der Waals surface area contributed by atoms with Crippen LogP contribution in [0.25, 0.3) is 11.0 Å². The van der Waals surface area contributed by atoms with E-state index in [0.717, 1.165) is 10.9 Å². The average molecular weight is 280 g/mol. The van der Waals surface area contributed by atoms with Crippen molar-refractivity contribution in [3.05, 3.63) is 64.5 Å². The maximum absolute atomic E-state index is 11.5. The number of nitrogens with zero attached hydrogens (tertiary/aromatic N) is 2. The molecule has 1 N–H and O–H groups in total. The molecule has 2 aromatic carbocycles. The van der Waals surface area contributed by atoms with Gasteiger partial charge in [-0.05, 0) is 36.8 Å². The summed E-state index contributed by atoms with van der Waals surface area (Å²) in [5, 5.41) is 18.7. The zero-order valence-corrected chi connectivity index (χ0v) is 11.3. The van der Waals surface area contributed by atoms with Crippen LogP contribution in [0, 0.1) is 6.92 Å². The molecule has 1 aromatic heterocycles. The first kappa shape index (κ1) is 13.1. The Hall–Kier alpha value is -2.95. The van der Waals surface area contributed by atoms with Crippen LogP contribution < -0.4 is 5.63 Å². The van der Waals surface area contributed by atoms with Gasteiger partial charge in [-0.15, -0.1) is 5.11 Å². The molecule has 0 spiro atoms. The highest BCUT2D eigenvalue weighted by atomic mass is 16.4. The first-order valence-corrected chi connectivity index (χ1v) is 6.38. The van der Waals surface area contributed by atoms with Gasteiger partial charge in [0.1, 0.15) is 5.75 Å². The number of azo groups is 1. The lowest BCUT2D eigenvalue weighted by Crippen LogP contribution is -1.97. The zero-order chi connectivity index (χ0) is 14.8. The van der Waals surface area contributed by atoms with Gasteiger partial charge in [0.15, 0.2) is 11.3 Å². The summed E-state index contributed by atoms with van der Waals surface area (Å²) in [4.78, 5) is 11.5. The molecule has 21 heavy (non-hydrogen) atoms. The van der Waals surface area contributed by atoms with Crippen molar-refractivity contribution in [1.82, 2.24) is 0 Å². The Labute approximate surface area is 120 Å². The van der Waals surface area contributed by atoms with E-state index < -0.39 is 5.63 Å². The minimum absolute atomic E-state index is 0.0871. The van der Waals surface area contributed by atoms with E-state index in [1.807, 2.05) is 18.2 Å². The molecule has 104 valence electrons. The van der Waals surface area contributed by atoms with Crippen molar-refractivity contribution in [1.29, 1.82) is 0 Å². The van der Waals surface area contributed by atoms with E-state index in [4.69, 9.17) is 4.42 Å². The van der Waals surface area contributed by atoms with E-state index in [1.165, 1.54) is 12.1 Å². The number of aryl methyl sites for hydroxylation is 1. The summed E-state index contributed by atoms with van der Waals surface area (Å²) in [5.74, 6) is -0.0871. The molecule has 0 bridgehead atoms. The SMILES string of the molecule is Cc1cc(=O)oc2c(N=Nc3ccccc3)c(O)ccc12. The fourth-order valence-corrected chi connectivity index (χ4v) is 2.06. The van der Waals surface area contributed by atoms with Crippen LogP contribution in [0.1, 0.15) is 5.56 Å². The standard InChI is InChI=1S/C16H12N2O3/c1-10-9-14(20)21-16-12(10)7-8-13(19)15(16)18-17-11-5-3-2-4-6-11/h2-9,19H,1H3. The number of phenols is 1. The minimum atomic E-state index is -0.484. The van der Waals surface area contributed by atoms with E-state index in [9.17, 15) is 9.90 Å². The van der Waals surface area contributed by atoms with Crippen molar-refractivity contribution in [2.75, 3.05) is 0 Å². The van der Waals surface area contributed by atoms with Crippen LogP contribution in [0.15, 0.2) is 68.0 Å². The fraction of sp³-hybridized carbons (Fsp3) is 0.0625. The summed E-state index contributed by atoms with van der Waals surface area (Å²) in [5.41, 5.74) is 1.31. The van der Waals surface area contributed by atoms with Crippen molar-refractivity contribution in [2.24, 2.45) is 10.2 Å². The second-order valence-corrected chi connectivity index (χ2v) is 4.59. The largest absolute Gasteiger partial charge is 0.505 e. The van der Waals surface area contributed by atoms with Gasteiger partial charge in [0.05, 0.1) is 5.69 Å². The van der Waals surface area contributed by atoms with Crippen LogP contribution in [0.4, 0.5) is 11.4 Å². The van der Waals surface area contributed by atoms with Crippen molar-refractivity contribution in [3.63, 3.8) is 0 Å². The van der Waals surface area contributed by atoms with E-state index in [-0.39, 0.29) is 17.0 Å². The van der Waals surface area contributed by atoms with Gasteiger partial charge in [0, 0.05) is 11.5 Å². The van der Waals surface area contributed by atoms with Gasteiger partial charge in [-0.1, -0.05) is 18.2 Å². The van der Waals surface area contributed by atoms with E-state index >= 15 is 0 Å². The Morgan fingerprint density at radius 2 is 1.81 bits per heavy atom. The predicted molar refractivity (Wildman–Crippen MR) is 79.5 cm³/mol. The Morgan fingerprint density at radius 1 is 1.05 bits per heavy atom. The summed E-state index contributed by atoms with van der Waals surface area (Å²) in [7, 11) is 0. The van der Waals surface area contributed by atoms with Crippen LogP contribution in [-0.4, -0.2) is 5.11 Å². The second kappa shape index (κ2) is 5.20. The molecule has 0 unspecified atom stereocenters. The molecule has 1 heterocycles. The quantitative estimate of drug-likeness (QED) is 0.564. The Kier molecular flexibility index (Phi) is 3.23. The van der Waals surface area contributed by atoms with Crippen molar-refractivity contribution in [2.45, 2.75) is 6.92 Å². The summed E-state index contributed by atoms with van der Waals surface area (Å²) in [6, 6.07) is 13.7. The average Bonchev–Trinajstić information content (AvgIpc) is 2.47. The second-order valence-electron chi connectivity index (χ2n) is 4.59. The maximum atomic E-state index is 11.5. The molecule has 0 aliphatic heterocycles. The molecule has 0 atom stereocenters. The number of aromatic hydroxyl groups is 1. The van der Waals surface area contributed by atoms with Gasteiger partial charge in [0.2, 0.25) is 0 Å². The third-order valence-corrected chi connectivity index (χ3v) is 3.09. The molecular weight excluding hydrogens is 268 g/mol. The zero-order valence-electron chi connectivity index (χ0n) is 11.3. The number of fused-ring (bicyclic) bond motifs is 1. The van der Waals surface area contributed by atoms with Crippen LogP contribution >= 0.6 is 0 Å². The van der Waals surface area contributed by atoms with Gasteiger partial charge in [0.25, 0.3) is 0 Å². The van der Waals surface area contributed by atoms with Crippen LogP contribution in [0.2, 0.25) is 0 Å². The summed E-state index contributed by atoms with van der Waals surface area (Å²) in [6.07, 6.45) is 0. The van der Waals surface area contributed by atoms with E-state index in [1.54, 1.807) is 25.1 Å². The smallest absolute Gasteiger partial charge is 0.336 e. The molecule has 3 aromatic rings. The number of hydrogen-bond acceptors (Lipinski definition) is 5. The third kappa shape index (κ3) is 2.53. The predicted octanol–water partition coefficient (Wildman–Crippen LogP) is 4.22. The van der Waals surface area contributed by atoms with Crippen LogP contribution in [0.3, 0.4) is 0 Å². The normalized spacial score (nSPS) is 11.3. The minimum Gasteiger partial charge on any atom is -0.505 e. The molecule has 0 radical (unpaired) electrons. The highest BCUT2D eigenvalue weighted by Gasteiger charge is 2.11. The lowest BCUT2D eigenvalue weighted by molar-refractivity contribution is 0.474.